The number of hydrogen-bond donors (Lipinski definition) is 2. The van der Waals surface area contributed by atoms with Gasteiger partial charge in [-0.15, -0.1) is 0 Å². The molecule has 0 fully saturated rings. The topological polar surface area (TPSA) is 70.9 Å². The Morgan fingerprint density at radius 3 is 2.55 bits per heavy atom. The average molecular weight is 387 g/mol. The molecular weight excluding hydrogens is 362 g/mol. The maximum absolute atomic E-state index is 4.74. The maximum Gasteiger partial charge on any atom is 0.229 e. The van der Waals surface area contributed by atoms with Crippen molar-refractivity contribution in [3.8, 4) is 0 Å². The lowest BCUT2D eigenvalue weighted by Gasteiger charge is -2.19. The molecule has 0 radical (unpaired) electrons. The molecule has 0 bridgehead atoms. The minimum Gasteiger partial charge on any atom is -0.353 e. The van der Waals surface area contributed by atoms with Gasteiger partial charge in [0.1, 0.15) is 5.82 Å². The van der Waals surface area contributed by atoms with Crippen LogP contribution in [-0.2, 0) is 7.05 Å². The summed E-state index contributed by atoms with van der Waals surface area (Å²) in [5.74, 6) is 2.23. The Kier molecular flexibility index (Phi) is 5.03. The number of hydrogen-bond acceptors (Lipinski definition) is 6. The normalized spacial score (nSPS) is 11.1. The zero-order valence-electron chi connectivity index (χ0n) is 17.1. The number of nitrogens with zero attached hydrogens (tertiary/aromatic N) is 5. The van der Waals surface area contributed by atoms with E-state index in [0.29, 0.717) is 12.0 Å². The summed E-state index contributed by atoms with van der Waals surface area (Å²) in [6.07, 6.45) is 1.76. The van der Waals surface area contributed by atoms with E-state index in [9.17, 15) is 0 Å². The smallest absolute Gasteiger partial charge is 0.229 e. The van der Waals surface area contributed by atoms with Crippen LogP contribution in [-0.4, -0.2) is 32.6 Å². The quantitative estimate of drug-likeness (QED) is 0.500. The number of imidazole rings is 1. The largest absolute Gasteiger partial charge is 0.353 e. The van der Waals surface area contributed by atoms with Crippen molar-refractivity contribution in [2.45, 2.75) is 19.9 Å². The van der Waals surface area contributed by atoms with E-state index < -0.39 is 0 Å². The van der Waals surface area contributed by atoms with Crippen LogP contribution in [0.25, 0.3) is 11.0 Å². The van der Waals surface area contributed by atoms with E-state index in [1.807, 2.05) is 55.4 Å². The highest BCUT2D eigenvalue weighted by atomic mass is 15.2. The van der Waals surface area contributed by atoms with Crippen molar-refractivity contribution >= 4 is 40.1 Å². The first-order valence-electron chi connectivity index (χ1n) is 9.63. The van der Waals surface area contributed by atoms with Gasteiger partial charge in [-0.1, -0.05) is 18.2 Å². The molecule has 0 saturated heterocycles. The molecule has 0 aliphatic carbocycles. The van der Waals surface area contributed by atoms with Crippen LogP contribution in [0.4, 0.5) is 29.1 Å². The molecule has 2 N–H and O–H groups in total. The summed E-state index contributed by atoms with van der Waals surface area (Å²) in [4.78, 5) is 15.8. The Balaban J connectivity index is 1.61. The SMILES string of the molecule is CC(C)Nc1nc2cc(N(C)c3ccnc(Nc4ccccc4)n3)ccc2n1C. The van der Waals surface area contributed by atoms with Gasteiger partial charge in [0.05, 0.1) is 11.0 Å². The summed E-state index contributed by atoms with van der Waals surface area (Å²) in [5, 5.41) is 6.62. The summed E-state index contributed by atoms with van der Waals surface area (Å²) in [7, 11) is 4.02. The second kappa shape index (κ2) is 7.79. The van der Waals surface area contributed by atoms with E-state index in [-0.39, 0.29) is 0 Å². The molecule has 7 heteroatoms. The molecule has 0 unspecified atom stereocenters. The van der Waals surface area contributed by atoms with Crippen molar-refractivity contribution < 1.29 is 0 Å². The maximum atomic E-state index is 4.74. The fourth-order valence-electron chi connectivity index (χ4n) is 3.16. The molecule has 2 aromatic carbocycles. The highest BCUT2D eigenvalue weighted by Crippen LogP contribution is 2.28. The van der Waals surface area contributed by atoms with Gasteiger partial charge in [0.15, 0.2) is 0 Å². The highest BCUT2D eigenvalue weighted by Gasteiger charge is 2.12. The third-order valence-corrected chi connectivity index (χ3v) is 4.68. The Labute approximate surface area is 170 Å². The molecule has 0 amide bonds. The lowest BCUT2D eigenvalue weighted by molar-refractivity contribution is 0.843. The molecule has 0 spiro atoms. The molecule has 148 valence electrons. The van der Waals surface area contributed by atoms with Crippen LogP contribution < -0.4 is 15.5 Å². The predicted octanol–water partition coefficient (Wildman–Crippen LogP) is 4.70. The molecule has 0 aliphatic rings. The number of nitrogens with one attached hydrogen (secondary N) is 2. The monoisotopic (exact) mass is 387 g/mol. The average Bonchev–Trinajstić information content (AvgIpc) is 3.02. The number of fused-ring (bicyclic) bond motifs is 1. The van der Waals surface area contributed by atoms with Gasteiger partial charge in [-0.2, -0.15) is 4.98 Å². The first-order valence-corrected chi connectivity index (χ1v) is 9.63. The van der Waals surface area contributed by atoms with Crippen molar-refractivity contribution in [2.24, 2.45) is 7.05 Å². The number of para-hydroxylation sites is 1. The van der Waals surface area contributed by atoms with Crippen molar-refractivity contribution in [2.75, 3.05) is 22.6 Å². The first kappa shape index (κ1) is 18.7. The molecule has 4 rings (SSSR count). The van der Waals surface area contributed by atoms with Crippen molar-refractivity contribution in [1.29, 1.82) is 0 Å². The van der Waals surface area contributed by atoms with Gasteiger partial charge < -0.3 is 20.1 Å². The van der Waals surface area contributed by atoms with Gasteiger partial charge in [0, 0.05) is 37.7 Å². The standard InChI is InChI=1S/C22H25N7/c1-15(2)24-22-26-18-14-17(10-11-19(18)29(22)4)28(3)20-12-13-23-21(27-20)25-16-8-6-5-7-9-16/h5-15H,1-4H3,(H,24,26)(H,23,25,27). The van der Waals surface area contributed by atoms with Crippen LogP contribution in [0.15, 0.2) is 60.8 Å². The molecule has 0 aliphatic heterocycles. The number of rotatable bonds is 6. The second-order valence-corrected chi connectivity index (χ2v) is 7.25. The van der Waals surface area contributed by atoms with Crippen LogP contribution in [0.5, 0.6) is 0 Å². The van der Waals surface area contributed by atoms with E-state index >= 15 is 0 Å². The van der Waals surface area contributed by atoms with E-state index in [0.717, 1.165) is 34.2 Å². The van der Waals surface area contributed by atoms with Crippen molar-refractivity contribution in [3.63, 3.8) is 0 Å². The van der Waals surface area contributed by atoms with Crippen LogP contribution in [0.1, 0.15) is 13.8 Å². The summed E-state index contributed by atoms with van der Waals surface area (Å²) in [6, 6.07) is 18.4. The molecule has 2 heterocycles. The molecule has 7 nitrogen and oxygen atoms in total. The summed E-state index contributed by atoms with van der Waals surface area (Å²) < 4.78 is 2.08. The minimum atomic E-state index is 0.323. The van der Waals surface area contributed by atoms with Gasteiger partial charge in [0.2, 0.25) is 11.9 Å². The molecule has 0 saturated carbocycles. The van der Waals surface area contributed by atoms with Gasteiger partial charge >= 0.3 is 0 Å². The van der Waals surface area contributed by atoms with Crippen LogP contribution in [0.3, 0.4) is 0 Å². The van der Waals surface area contributed by atoms with Crippen LogP contribution in [0.2, 0.25) is 0 Å². The predicted molar refractivity (Wildman–Crippen MR) is 119 cm³/mol. The fourth-order valence-corrected chi connectivity index (χ4v) is 3.16. The summed E-state index contributed by atoms with van der Waals surface area (Å²) >= 11 is 0. The van der Waals surface area contributed by atoms with Crippen LogP contribution >= 0.6 is 0 Å². The number of aryl methyl sites for hydroxylation is 1. The Hall–Kier alpha value is -3.61. The Morgan fingerprint density at radius 2 is 1.79 bits per heavy atom. The van der Waals surface area contributed by atoms with Gasteiger partial charge in [-0.25, -0.2) is 9.97 Å². The van der Waals surface area contributed by atoms with Gasteiger partial charge in [-0.05, 0) is 50.2 Å². The molecular formula is C22H25N7. The summed E-state index contributed by atoms with van der Waals surface area (Å²) in [6.45, 7) is 4.21. The minimum absolute atomic E-state index is 0.323. The van der Waals surface area contributed by atoms with Gasteiger partial charge in [0.25, 0.3) is 0 Å². The van der Waals surface area contributed by atoms with Crippen molar-refractivity contribution in [3.05, 3.63) is 60.8 Å². The first-order chi connectivity index (χ1) is 14.0. The van der Waals surface area contributed by atoms with E-state index in [2.05, 4.69) is 57.2 Å². The third-order valence-electron chi connectivity index (χ3n) is 4.68. The van der Waals surface area contributed by atoms with Crippen molar-refractivity contribution in [1.82, 2.24) is 19.5 Å². The zero-order valence-corrected chi connectivity index (χ0v) is 17.1. The van der Waals surface area contributed by atoms with E-state index in [1.54, 1.807) is 6.20 Å². The highest BCUT2D eigenvalue weighted by molar-refractivity contribution is 5.83. The zero-order chi connectivity index (χ0) is 20.4. The van der Waals surface area contributed by atoms with Gasteiger partial charge in [-0.3, -0.25) is 0 Å². The number of aromatic nitrogens is 4. The Morgan fingerprint density at radius 1 is 1.00 bits per heavy atom. The third kappa shape index (κ3) is 3.99. The van der Waals surface area contributed by atoms with E-state index in [1.165, 1.54) is 0 Å². The van der Waals surface area contributed by atoms with E-state index in [4.69, 9.17) is 4.98 Å². The second-order valence-electron chi connectivity index (χ2n) is 7.25. The molecule has 29 heavy (non-hydrogen) atoms. The number of benzene rings is 2. The fraction of sp³-hybridized carbons (Fsp3) is 0.227. The number of anilines is 5. The molecule has 0 atom stereocenters. The van der Waals surface area contributed by atoms with Crippen LogP contribution in [0, 0.1) is 0 Å². The molecule has 4 aromatic rings. The Bertz CT molecular complexity index is 1120. The molecule has 2 aromatic heterocycles. The summed E-state index contributed by atoms with van der Waals surface area (Å²) in [5.41, 5.74) is 3.99. The lowest BCUT2D eigenvalue weighted by Crippen LogP contribution is -2.13. The lowest BCUT2D eigenvalue weighted by atomic mass is 10.2.